The third-order valence-corrected chi connectivity index (χ3v) is 5.54. The van der Waals surface area contributed by atoms with E-state index in [-0.39, 0.29) is 0 Å². The summed E-state index contributed by atoms with van der Waals surface area (Å²) in [5.41, 5.74) is 7.16. The van der Waals surface area contributed by atoms with Crippen molar-refractivity contribution in [1.82, 2.24) is 4.98 Å². The van der Waals surface area contributed by atoms with Crippen LogP contribution in [0.4, 0.5) is 5.13 Å². The largest absolute Gasteiger partial charge is 0.489 e. The summed E-state index contributed by atoms with van der Waals surface area (Å²) >= 11 is 7.49. The number of anilines is 1. The molecular weight excluding hydrogens is 414 g/mol. The van der Waals surface area contributed by atoms with E-state index in [0.29, 0.717) is 6.61 Å². The van der Waals surface area contributed by atoms with Crippen LogP contribution in [0.1, 0.15) is 16.0 Å². The zero-order valence-electron chi connectivity index (χ0n) is 16.4. The Labute approximate surface area is 184 Å². The minimum absolute atomic E-state index is 0.499. The van der Waals surface area contributed by atoms with Gasteiger partial charge in [-0.15, -0.1) is 11.3 Å². The van der Waals surface area contributed by atoms with Gasteiger partial charge in [0.1, 0.15) is 12.4 Å². The zero-order valence-corrected chi connectivity index (χ0v) is 18.0. The molecule has 0 fully saturated rings. The van der Waals surface area contributed by atoms with Gasteiger partial charge in [0.25, 0.3) is 0 Å². The van der Waals surface area contributed by atoms with Crippen LogP contribution < -0.4 is 10.2 Å². The van der Waals surface area contributed by atoms with E-state index in [2.05, 4.69) is 34.6 Å². The number of hydrogen-bond donors (Lipinski definition) is 1. The predicted molar refractivity (Wildman–Crippen MR) is 126 cm³/mol. The molecule has 0 bridgehead atoms. The molecule has 3 aromatic carbocycles. The Morgan fingerprint density at radius 2 is 1.73 bits per heavy atom. The average Bonchev–Trinajstić information content (AvgIpc) is 3.15. The van der Waals surface area contributed by atoms with Crippen molar-refractivity contribution in [3.8, 4) is 17.0 Å². The number of halogens is 1. The van der Waals surface area contributed by atoms with Crippen molar-refractivity contribution in [2.24, 2.45) is 5.10 Å². The van der Waals surface area contributed by atoms with E-state index in [4.69, 9.17) is 16.3 Å². The summed E-state index contributed by atoms with van der Waals surface area (Å²) in [6.45, 7) is 2.57. The summed E-state index contributed by atoms with van der Waals surface area (Å²) in [5.74, 6) is 0.804. The number of ether oxygens (including phenoxy) is 1. The maximum Gasteiger partial charge on any atom is 0.204 e. The second kappa shape index (κ2) is 9.57. The number of thiazole rings is 1. The van der Waals surface area contributed by atoms with Gasteiger partial charge in [0.15, 0.2) is 0 Å². The molecule has 0 unspecified atom stereocenters. The topological polar surface area (TPSA) is 46.5 Å². The van der Waals surface area contributed by atoms with Gasteiger partial charge in [-0.25, -0.2) is 4.98 Å². The molecule has 0 saturated carbocycles. The number of benzene rings is 3. The van der Waals surface area contributed by atoms with Crippen molar-refractivity contribution in [3.63, 3.8) is 0 Å². The molecule has 0 spiro atoms. The Bertz CT molecular complexity index is 1120. The number of nitrogens with zero attached hydrogens (tertiary/aromatic N) is 2. The van der Waals surface area contributed by atoms with Gasteiger partial charge >= 0.3 is 0 Å². The number of hydrazone groups is 1. The molecule has 0 aliphatic rings. The lowest BCUT2D eigenvalue weighted by molar-refractivity contribution is 0.306. The number of nitrogens with one attached hydrogen (secondary N) is 1. The lowest BCUT2D eigenvalue weighted by Crippen LogP contribution is -1.95. The Balaban J connectivity index is 1.33. The quantitative estimate of drug-likeness (QED) is 0.257. The van der Waals surface area contributed by atoms with Crippen LogP contribution in [0.5, 0.6) is 5.75 Å². The summed E-state index contributed by atoms with van der Waals surface area (Å²) in [4.78, 5) is 5.80. The van der Waals surface area contributed by atoms with Gasteiger partial charge in [0, 0.05) is 15.5 Å². The maximum atomic E-state index is 5.90. The molecule has 0 saturated heterocycles. The summed E-state index contributed by atoms with van der Waals surface area (Å²) in [6, 6.07) is 25.6. The molecule has 0 amide bonds. The summed E-state index contributed by atoms with van der Waals surface area (Å²) in [7, 11) is 0. The standard InChI is InChI=1S/C24H20ClN3OS/c1-17-23(20-5-3-2-4-6-20)27-24(30-17)28-26-15-18-9-13-22(14-10-18)29-16-19-7-11-21(25)12-8-19/h2-15H,16H2,1H3,(H,27,28)/b26-15+. The number of aryl methyl sites for hydroxylation is 1. The van der Waals surface area contributed by atoms with Crippen molar-refractivity contribution < 1.29 is 4.74 Å². The highest BCUT2D eigenvalue weighted by molar-refractivity contribution is 7.15. The zero-order chi connectivity index (χ0) is 20.8. The number of rotatable bonds is 7. The van der Waals surface area contributed by atoms with Gasteiger partial charge in [-0.3, -0.25) is 5.43 Å². The SMILES string of the molecule is Cc1sc(N/N=C/c2ccc(OCc3ccc(Cl)cc3)cc2)nc1-c1ccccc1. The lowest BCUT2D eigenvalue weighted by Gasteiger charge is -2.06. The first-order chi connectivity index (χ1) is 14.7. The van der Waals surface area contributed by atoms with Crippen LogP contribution in [0, 0.1) is 6.92 Å². The first-order valence-electron chi connectivity index (χ1n) is 9.46. The Morgan fingerprint density at radius 3 is 2.47 bits per heavy atom. The van der Waals surface area contributed by atoms with Crippen LogP contribution in [-0.2, 0) is 6.61 Å². The van der Waals surface area contributed by atoms with Crippen molar-refractivity contribution in [3.05, 3.63) is 99.9 Å². The van der Waals surface area contributed by atoms with E-state index in [0.717, 1.165) is 43.2 Å². The molecule has 0 aliphatic carbocycles. The van der Waals surface area contributed by atoms with Crippen LogP contribution in [-0.4, -0.2) is 11.2 Å². The molecule has 6 heteroatoms. The monoisotopic (exact) mass is 433 g/mol. The molecule has 4 aromatic rings. The molecule has 1 N–H and O–H groups in total. The van der Waals surface area contributed by atoms with E-state index in [9.17, 15) is 0 Å². The fraction of sp³-hybridized carbons (Fsp3) is 0.0833. The molecule has 0 aliphatic heterocycles. The fourth-order valence-corrected chi connectivity index (χ4v) is 3.78. The third-order valence-electron chi connectivity index (χ3n) is 4.42. The van der Waals surface area contributed by atoms with Crippen LogP contribution in [0.25, 0.3) is 11.3 Å². The van der Waals surface area contributed by atoms with Crippen molar-refractivity contribution in [1.29, 1.82) is 0 Å². The lowest BCUT2D eigenvalue weighted by atomic mass is 10.1. The van der Waals surface area contributed by atoms with Gasteiger partial charge < -0.3 is 4.74 Å². The average molecular weight is 434 g/mol. The third kappa shape index (κ3) is 5.26. The molecule has 0 atom stereocenters. The van der Waals surface area contributed by atoms with Crippen molar-refractivity contribution in [2.75, 3.05) is 5.43 Å². The van der Waals surface area contributed by atoms with Crippen molar-refractivity contribution in [2.45, 2.75) is 13.5 Å². The minimum Gasteiger partial charge on any atom is -0.489 e. The second-order valence-electron chi connectivity index (χ2n) is 6.64. The van der Waals surface area contributed by atoms with E-state index in [1.807, 2.05) is 66.7 Å². The summed E-state index contributed by atoms with van der Waals surface area (Å²) in [6.07, 6.45) is 1.77. The van der Waals surface area contributed by atoms with Crippen LogP contribution in [0.3, 0.4) is 0 Å². The molecule has 4 nitrogen and oxygen atoms in total. The maximum absolute atomic E-state index is 5.90. The molecule has 150 valence electrons. The highest BCUT2D eigenvalue weighted by Crippen LogP contribution is 2.30. The first-order valence-corrected chi connectivity index (χ1v) is 10.7. The highest BCUT2D eigenvalue weighted by atomic mass is 35.5. The normalized spacial score (nSPS) is 11.0. The van der Waals surface area contributed by atoms with E-state index >= 15 is 0 Å². The van der Waals surface area contributed by atoms with Crippen molar-refractivity contribution >= 4 is 34.3 Å². The molecule has 1 aromatic heterocycles. The first kappa shape index (κ1) is 20.1. The van der Waals surface area contributed by atoms with E-state index in [1.165, 1.54) is 0 Å². The van der Waals surface area contributed by atoms with Crippen LogP contribution >= 0.6 is 22.9 Å². The highest BCUT2D eigenvalue weighted by Gasteiger charge is 2.08. The summed E-state index contributed by atoms with van der Waals surface area (Å²) in [5, 5.41) is 5.80. The Hall–Kier alpha value is -3.15. The molecule has 1 heterocycles. The van der Waals surface area contributed by atoms with Crippen LogP contribution in [0.15, 0.2) is 84.0 Å². The van der Waals surface area contributed by atoms with Crippen LogP contribution in [0.2, 0.25) is 5.02 Å². The predicted octanol–water partition coefficient (Wildman–Crippen LogP) is 6.80. The second-order valence-corrected chi connectivity index (χ2v) is 8.28. The molecule has 4 rings (SSSR count). The van der Waals surface area contributed by atoms with E-state index in [1.54, 1.807) is 17.6 Å². The number of hydrogen-bond acceptors (Lipinski definition) is 5. The van der Waals surface area contributed by atoms with E-state index < -0.39 is 0 Å². The fourth-order valence-electron chi connectivity index (χ4n) is 2.87. The van der Waals surface area contributed by atoms with Gasteiger partial charge in [0.2, 0.25) is 5.13 Å². The minimum atomic E-state index is 0.499. The molecule has 0 radical (unpaired) electrons. The molecular formula is C24H20ClN3OS. The Morgan fingerprint density at radius 1 is 1.00 bits per heavy atom. The Kier molecular flexibility index (Phi) is 6.42. The molecule has 30 heavy (non-hydrogen) atoms. The van der Waals surface area contributed by atoms with Gasteiger partial charge in [-0.05, 0) is 54.4 Å². The van der Waals surface area contributed by atoms with Gasteiger partial charge in [-0.1, -0.05) is 54.1 Å². The smallest absolute Gasteiger partial charge is 0.204 e. The van der Waals surface area contributed by atoms with Gasteiger partial charge in [0.05, 0.1) is 11.9 Å². The number of aromatic nitrogens is 1. The van der Waals surface area contributed by atoms with Gasteiger partial charge in [-0.2, -0.15) is 5.10 Å². The summed E-state index contributed by atoms with van der Waals surface area (Å²) < 4.78 is 5.81.